The van der Waals surface area contributed by atoms with Gasteiger partial charge in [0.2, 0.25) is 0 Å². The maximum Gasteiger partial charge on any atom is 0.120 e. The quantitative estimate of drug-likeness (QED) is 0.447. The first-order valence-electron chi connectivity index (χ1n) is 11.3. The Labute approximate surface area is 186 Å². The summed E-state index contributed by atoms with van der Waals surface area (Å²) in [5.41, 5.74) is 7.02. The smallest absolute Gasteiger partial charge is 0.120 e. The summed E-state index contributed by atoms with van der Waals surface area (Å²) in [7, 11) is 3.50. The van der Waals surface area contributed by atoms with Crippen molar-refractivity contribution in [1.29, 1.82) is 0 Å². The van der Waals surface area contributed by atoms with E-state index in [4.69, 9.17) is 9.47 Å². The number of benzene rings is 3. The third kappa shape index (κ3) is 4.87. The van der Waals surface area contributed by atoms with Crippen LogP contribution in [0.1, 0.15) is 41.5 Å². The van der Waals surface area contributed by atoms with Crippen LogP contribution in [-0.2, 0) is 19.3 Å². The highest BCUT2D eigenvalue weighted by Crippen LogP contribution is 2.39. The van der Waals surface area contributed by atoms with E-state index in [1.165, 1.54) is 27.9 Å². The normalized spacial score (nSPS) is 15.3. The summed E-state index contributed by atoms with van der Waals surface area (Å²) in [6.45, 7) is 4.23. The van der Waals surface area contributed by atoms with Crippen LogP contribution in [-0.4, -0.2) is 27.3 Å². The number of rotatable bonds is 8. The Balaban J connectivity index is 1.60. The van der Waals surface area contributed by atoms with Crippen molar-refractivity contribution in [3.8, 4) is 11.5 Å². The summed E-state index contributed by atoms with van der Waals surface area (Å²) in [6, 6.07) is 23.9. The zero-order valence-corrected chi connectivity index (χ0v) is 18.9. The molecule has 0 bridgehead atoms. The largest absolute Gasteiger partial charge is 0.497 e. The highest BCUT2D eigenvalue weighted by atomic mass is 16.5. The van der Waals surface area contributed by atoms with E-state index in [0.29, 0.717) is 5.92 Å². The second kappa shape index (κ2) is 9.91. The lowest BCUT2D eigenvalue weighted by atomic mass is 9.79. The third-order valence-corrected chi connectivity index (χ3v) is 6.55. The van der Waals surface area contributed by atoms with Crippen LogP contribution < -0.4 is 14.4 Å². The van der Waals surface area contributed by atoms with E-state index in [2.05, 4.69) is 78.6 Å². The average molecular weight is 416 g/mol. The molecule has 0 aromatic heterocycles. The molecule has 31 heavy (non-hydrogen) atoms. The van der Waals surface area contributed by atoms with Gasteiger partial charge in [0.05, 0.1) is 14.2 Å². The van der Waals surface area contributed by atoms with Crippen molar-refractivity contribution < 1.29 is 9.47 Å². The molecule has 4 rings (SSSR count). The molecule has 1 unspecified atom stereocenters. The molecule has 3 nitrogen and oxygen atoms in total. The minimum Gasteiger partial charge on any atom is -0.497 e. The fourth-order valence-electron chi connectivity index (χ4n) is 4.75. The van der Waals surface area contributed by atoms with Gasteiger partial charge in [-0.05, 0) is 79.0 Å². The predicted molar refractivity (Wildman–Crippen MR) is 129 cm³/mol. The number of hydrogen-bond acceptors (Lipinski definition) is 3. The van der Waals surface area contributed by atoms with Crippen molar-refractivity contribution in [3.63, 3.8) is 0 Å². The molecule has 0 spiro atoms. The molecule has 0 saturated heterocycles. The third-order valence-electron chi connectivity index (χ3n) is 6.55. The maximum atomic E-state index is 5.60. The maximum absolute atomic E-state index is 5.60. The van der Waals surface area contributed by atoms with Gasteiger partial charge in [0.25, 0.3) is 0 Å². The Hall–Kier alpha value is -2.94. The zero-order valence-electron chi connectivity index (χ0n) is 18.9. The molecular formula is C28H33NO2. The molecule has 162 valence electrons. The van der Waals surface area contributed by atoms with Gasteiger partial charge in [-0.2, -0.15) is 0 Å². The number of ether oxygens (including phenoxy) is 2. The van der Waals surface area contributed by atoms with E-state index in [0.717, 1.165) is 50.3 Å². The summed E-state index contributed by atoms with van der Waals surface area (Å²) in [6.07, 6.45) is 4.38. The van der Waals surface area contributed by atoms with E-state index in [9.17, 15) is 0 Å². The van der Waals surface area contributed by atoms with E-state index in [-0.39, 0.29) is 0 Å². The van der Waals surface area contributed by atoms with Crippen LogP contribution >= 0.6 is 0 Å². The number of anilines is 1. The molecule has 3 aromatic rings. The van der Waals surface area contributed by atoms with Crippen LogP contribution in [0, 0.1) is 0 Å². The summed E-state index contributed by atoms with van der Waals surface area (Å²) < 4.78 is 11.0. The number of methoxy groups -OCH3 is 2. The molecule has 0 aliphatic heterocycles. The molecular weight excluding hydrogens is 382 g/mol. The van der Waals surface area contributed by atoms with Gasteiger partial charge < -0.3 is 14.4 Å². The summed E-state index contributed by atoms with van der Waals surface area (Å²) >= 11 is 0. The second-order valence-electron chi connectivity index (χ2n) is 8.31. The highest BCUT2D eigenvalue weighted by Gasteiger charge is 2.24. The lowest BCUT2D eigenvalue weighted by Crippen LogP contribution is -2.27. The molecule has 1 aliphatic carbocycles. The van der Waals surface area contributed by atoms with Crippen molar-refractivity contribution in [2.75, 3.05) is 32.2 Å². The highest BCUT2D eigenvalue weighted by molar-refractivity contribution is 5.59. The minimum absolute atomic E-state index is 0.521. The van der Waals surface area contributed by atoms with Crippen molar-refractivity contribution in [2.45, 2.75) is 38.5 Å². The summed E-state index contributed by atoms with van der Waals surface area (Å²) in [5.74, 6) is 2.41. The SMILES string of the molecule is CCN(CCc1ccccc1)c1cc(OC)ccc1C1CCc2cc(OC)ccc2C1. The van der Waals surface area contributed by atoms with Crippen LogP contribution in [0.3, 0.4) is 0 Å². The minimum atomic E-state index is 0.521. The molecule has 0 fully saturated rings. The first-order chi connectivity index (χ1) is 15.2. The lowest BCUT2D eigenvalue weighted by Gasteiger charge is -2.32. The number of hydrogen-bond donors (Lipinski definition) is 0. The zero-order chi connectivity index (χ0) is 21.6. The Morgan fingerprint density at radius 3 is 2.35 bits per heavy atom. The molecule has 0 N–H and O–H groups in total. The molecule has 0 radical (unpaired) electrons. The number of fused-ring (bicyclic) bond motifs is 1. The van der Waals surface area contributed by atoms with Crippen molar-refractivity contribution in [1.82, 2.24) is 0 Å². The Kier molecular flexibility index (Phi) is 6.81. The number of nitrogens with zero attached hydrogens (tertiary/aromatic N) is 1. The van der Waals surface area contributed by atoms with Crippen LogP contribution in [0.2, 0.25) is 0 Å². The van der Waals surface area contributed by atoms with Crippen molar-refractivity contribution in [2.24, 2.45) is 0 Å². The molecule has 0 amide bonds. The topological polar surface area (TPSA) is 21.7 Å². The van der Waals surface area contributed by atoms with Crippen LogP contribution in [0.4, 0.5) is 5.69 Å². The van der Waals surface area contributed by atoms with Gasteiger partial charge in [0, 0.05) is 24.8 Å². The van der Waals surface area contributed by atoms with Gasteiger partial charge in [0.15, 0.2) is 0 Å². The molecule has 1 atom stereocenters. The van der Waals surface area contributed by atoms with Gasteiger partial charge in [-0.3, -0.25) is 0 Å². The molecule has 0 saturated carbocycles. The van der Waals surface area contributed by atoms with E-state index >= 15 is 0 Å². The summed E-state index contributed by atoms with van der Waals surface area (Å²) in [4.78, 5) is 2.51. The Bertz CT molecular complexity index is 999. The number of likely N-dealkylation sites (N-methyl/N-ethyl adjacent to an activating group) is 1. The molecule has 3 heteroatoms. The van der Waals surface area contributed by atoms with Crippen molar-refractivity contribution >= 4 is 5.69 Å². The van der Waals surface area contributed by atoms with Gasteiger partial charge in [-0.25, -0.2) is 0 Å². The van der Waals surface area contributed by atoms with Crippen molar-refractivity contribution in [3.05, 3.63) is 89.0 Å². The van der Waals surface area contributed by atoms with Crippen LogP contribution in [0.15, 0.2) is 66.7 Å². The van der Waals surface area contributed by atoms with Crippen LogP contribution in [0.5, 0.6) is 11.5 Å². The first-order valence-corrected chi connectivity index (χ1v) is 11.3. The first kappa shape index (κ1) is 21.3. The van der Waals surface area contributed by atoms with Gasteiger partial charge in [-0.15, -0.1) is 0 Å². The fraction of sp³-hybridized carbons (Fsp3) is 0.357. The Morgan fingerprint density at radius 2 is 1.61 bits per heavy atom. The van der Waals surface area contributed by atoms with Gasteiger partial charge >= 0.3 is 0 Å². The van der Waals surface area contributed by atoms with Crippen LogP contribution in [0.25, 0.3) is 0 Å². The predicted octanol–water partition coefficient (Wildman–Crippen LogP) is 6.05. The monoisotopic (exact) mass is 415 g/mol. The molecule has 1 aliphatic rings. The van der Waals surface area contributed by atoms with Gasteiger partial charge in [-0.1, -0.05) is 42.5 Å². The van der Waals surface area contributed by atoms with E-state index in [1.807, 2.05) is 0 Å². The second-order valence-corrected chi connectivity index (χ2v) is 8.31. The molecule has 0 heterocycles. The van der Waals surface area contributed by atoms with E-state index < -0.39 is 0 Å². The lowest BCUT2D eigenvalue weighted by molar-refractivity contribution is 0.413. The van der Waals surface area contributed by atoms with Gasteiger partial charge in [0.1, 0.15) is 11.5 Å². The summed E-state index contributed by atoms with van der Waals surface area (Å²) in [5, 5.41) is 0. The number of aryl methyl sites for hydroxylation is 1. The van der Waals surface area contributed by atoms with E-state index in [1.54, 1.807) is 14.2 Å². The molecule has 3 aromatic carbocycles. The fourth-order valence-corrected chi connectivity index (χ4v) is 4.75. The average Bonchev–Trinajstić information content (AvgIpc) is 2.84. The Morgan fingerprint density at radius 1 is 0.871 bits per heavy atom. The standard InChI is InChI=1S/C28H33NO2/c1-4-29(17-16-21-8-6-5-7-9-21)28-20-26(31-3)14-15-27(28)24-11-10-23-19-25(30-2)13-12-22(23)18-24/h5-9,12-15,19-20,24H,4,10-11,16-18H2,1-3H3.